The largest absolute Gasteiger partial charge is 0.363 e. The number of aromatic nitrogens is 3. The Morgan fingerprint density at radius 3 is 1.23 bits per heavy atom. The quantitative estimate of drug-likeness (QED) is 0.0887. The number of benzene rings is 6. The molecule has 16 heteroatoms. The number of fused-ring (bicyclic) bond motifs is 6. The van der Waals surface area contributed by atoms with Gasteiger partial charge >= 0.3 is 0 Å². The molecule has 0 saturated heterocycles. The van der Waals surface area contributed by atoms with Crippen LogP contribution in [0.3, 0.4) is 0 Å². The molecule has 0 amide bonds. The van der Waals surface area contributed by atoms with Crippen LogP contribution in [0.2, 0.25) is 10.0 Å². The molecule has 14 rings (SSSR count). The lowest BCUT2D eigenvalue weighted by Gasteiger charge is -2.13. The zero-order chi connectivity index (χ0) is 59.9. The Morgan fingerprint density at radius 2 is 0.762 bits per heavy atom. The van der Waals surface area contributed by atoms with Gasteiger partial charge in [0.05, 0.1) is 13.1 Å². The molecule has 0 unspecified atom stereocenters. The predicted octanol–water partition coefficient (Wildman–Crippen LogP) is 17.5. The highest BCUT2D eigenvalue weighted by atomic mass is 35.5. The predicted molar refractivity (Wildman–Crippen MR) is 368 cm³/mol. The molecular weight excluding hydrogens is 1140 g/mol. The zero-order valence-corrected chi connectivity index (χ0v) is 53.8. The van der Waals surface area contributed by atoms with Crippen molar-refractivity contribution in [1.82, 2.24) is 34.6 Å². The third kappa shape index (κ3) is 15.1. The summed E-state index contributed by atoms with van der Waals surface area (Å²) in [5, 5.41) is 24.8. The second-order valence-electron chi connectivity index (χ2n) is 21.7. The van der Waals surface area contributed by atoms with Gasteiger partial charge in [-0.05, 0) is 203 Å². The normalized spacial score (nSPS) is 12.6. The maximum absolute atomic E-state index is 7.90. The number of rotatable bonds is 4. The molecule has 6 aromatic carbocycles. The van der Waals surface area contributed by atoms with Crippen LogP contribution in [0.25, 0.3) is 63.0 Å². The summed E-state index contributed by atoms with van der Waals surface area (Å²) in [7, 11) is 11.8. The van der Waals surface area contributed by atoms with Gasteiger partial charge in [-0.3, -0.25) is 20.8 Å². The maximum atomic E-state index is 7.90. The fourth-order valence-electron chi connectivity index (χ4n) is 10.1. The Kier molecular flexibility index (Phi) is 19.5. The number of aryl methyl sites for hydroxylation is 6. The van der Waals surface area contributed by atoms with Crippen LogP contribution in [0.1, 0.15) is 54.0 Å². The first kappa shape index (κ1) is 60.9. The van der Waals surface area contributed by atoms with Crippen molar-refractivity contribution in [2.24, 2.45) is 9.98 Å². The van der Waals surface area contributed by atoms with Crippen molar-refractivity contribution in [3.05, 3.63) is 210 Å². The van der Waals surface area contributed by atoms with Gasteiger partial charge in [0.1, 0.15) is 23.3 Å². The van der Waals surface area contributed by atoms with Crippen molar-refractivity contribution in [2.75, 3.05) is 68.5 Å². The number of thiophene rings is 3. The van der Waals surface area contributed by atoms with Gasteiger partial charge < -0.3 is 34.6 Å². The van der Waals surface area contributed by atoms with Crippen LogP contribution in [0.4, 0.5) is 0 Å². The smallest absolute Gasteiger partial charge is 0.130 e. The standard InChI is InChI=1S/C13H15N3.C13H14N2S.C12H15N3.C12H14N2S.C9H8ClN.C9H7ClS/c1-9-7-11-8-10(3-4-12(11)15-9)13-14-5-6-16(13)2;1-9-7-11-8-10(3-4-12(11)16-9)13-14-5-6-15(13)2;1-8-6-10-7-9(12(13)15(2)3)4-5-11(10)14-8;1-8-6-10-7-9(12(13)14(2)3)4-5-11(10)15-8;2*1-6-4-7-5-8(10)2-3-9(7)11-6/h3-4,7-8,15H,5-6H2,1-2H3;3-4,7-8H,5-6H2,1-2H3;4-7,13-14H,1-3H3;4-7,13H,1-3H3;2-5,11H,1H3;2-5H,1H3. The zero-order valence-electron chi connectivity index (χ0n) is 49.8. The van der Waals surface area contributed by atoms with Crippen molar-refractivity contribution in [3.8, 4) is 0 Å². The molecule has 6 aromatic heterocycles. The number of nitrogens with zero attached hydrogens (tertiary/aromatic N) is 6. The highest BCUT2D eigenvalue weighted by molar-refractivity contribution is 7.19. The van der Waals surface area contributed by atoms with Crippen LogP contribution in [-0.2, 0) is 0 Å². The Bertz CT molecular complexity index is 4100. The first-order valence-electron chi connectivity index (χ1n) is 27.8. The average molecular weight is 1210 g/mol. The van der Waals surface area contributed by atoms with Gasteiger partial charge in [-0.25, -0.2) is 0 Å². The lowest BCUT2D eigenvalue weighted by Crippen LogP contribution is -2.23. The Hall–Kier alpha value is -7.72. The van der Waals surface area contributed by atoms with E-state index in [1.54, 1.807) is 27.6 Å². The Morgan fingerprint density at radius 1 is 0.429 bits per heavy atom. The average Bonchev–Trinajstić information content (AvgIpc) is 4.52. The van der Waals surface area contributed by atoms with E-state index in [0.29, 0.717) is 11.7 Å². The summed E-state index contributed by atoms with van der Waals surface area (Å²) in [6, 6.07) is 50.1. The summed E-state index contributed by atoms with van der Waals surface area (Å²) in [6.07, 6.45) is 0. The molecule has 0 bridgehead atoms. The fraction of sp³-hybridized carbons (Fsp3) is 0.235. The molecule has 2 aliphatic rings. The van der Waals surface area contributed by atoms with Crippen LogP contribution in [0.5, 0.6) is 0 Å². The molecule has 5 N–H and O–H groups in total. The monoisotopic (exact) mass is 1210 g/mol. The molecule has 0 fully saturated rings. The van der Waals surface area contributed by atoms with Gasteiger partial charge in [-0.1, -0.05) is 23.2 Å². The van der Waals surface area contributed by atoms with Crippen LogP contribution in [0.15, 0.2) is 156 Å². The van der Waals surface area contributed by atoms with Crippen LogP contribution < -0.4 is 0 Å². The number of aliphatic imine (C=N–C) groups is 2. The first-order valence-corrected chi connectivity index (χ1v) is 31.0. The van der Waals surface area contributed by atoms with E-state index < -0.39 is 0 Å². The van der Waals surface area contributed by atoms with Crippen molar-refractivity contribution in [3.63, 3.8) is 0 Å². The Labute approximate surface area is 514 Å². The van der Waals surface area contributed by atoms with Gasteiger partial charge in [0.15, 0.2) is 0 Å². The van der Waals surface area contributed by atoms with E-state index in [4.69, 9.17) is 34.0 Å². The number of likely N-dealkylation sites (N-methyl/N-ethyl adjacent to an activating group) is 2. The summed E-state index contributed by atoms with van der Waals surface area (Å²) in [5.74, 6) is 3.34. The van der Waals surface area contributed by atoms with Crippen molar-refractivity contribution in [1.29, 1.82) is 10.8 Å². The number of nitrogens with one attached hydrogen (secondary N) is 5. The SMILES string of the molecule is Cc1cc2cc(C(=N)N(C)C)ccc2[nH]1.Cc1cc2cc(C(=N)N(C)C)ccc2s1.Cc1cc2cc(C3=NCCN3C)ccc2[nH]1.Cc1cc2cc(C3=NCCN3C)ccc2s1.Cc1cc2cc(Cl)ccc2[nH]1.Cc1cc2cc(Cl)ccc2s1. The first-order chi connectivity index (χ1) is 40.1. The van der Waals surface area contributed by atoms with Crippen molar-refractivity contribution in [2.45, 2.75) is 41.5 Å². The second kappa shape index (κ2) is 26.9. The third-order valence-electron chi connectivity index (χ3n) is 14.2. The molecular formula is C68H73Cl2N11S3. The van der Waals surface area contributed by atoms with E-state index in [0.717, 1.165) is 81.1 Å². The summed E-state index contributed by atoms with van der Waals surface area (Å²) >= 11 is 17.1. The van der Waals surface area contributed by atoms with E-state index in [-0.39, 0.29) is 0 Å². The minimum absolute atomic E-state index is 0.538. The highest BCUT2D eigenvalue weighted by Gasteiger charge is 2.17. The number of hydrogen-bond acceptors (Lipinski definition) is 9. The fourth-order valence-corrected chi connectivity index (χ4v) is 13.2. The van der Waals surface area contributed by atoms with Gasteiger partial charge in [0.2, 0.25) is 0 Å². The molecule has 12 aromatic rings. The van der Waals surface area contributed by atoms with E-state index in [1.807, 2.05) is 113 Å². The number of amidine groups is 4. The molecule has 0 aliphatic carbocycles. The van der Waals surface area contributed by atoms with Gasteiger partial charge in [-0.15, -0.1) is 34.0 Å². The van der Waals surface area contributed by atoms with E-state index in [9.17, 15) is 0 Å². The molecule has 0 radical (unpaired) electrons. The number of hydrogen-bond donors (Lipinski definition) is 5. The van der Waals surface area contributed by atoms with Gasteiger partial charge in [0.25, 0.3) is 0 Å². The maximum Gasteiger partial charge on any atom is 0.130 e. The van der Waals surface area contributed by atoms with Crippen LogP contribution >= 0.6 is 57.2 Å². The van der Waals surface area contributed by atoms with E-state index in [2.05, 4.69) is 168 Å². The summed E-state index contributed by atoms with van der Waals surface area (Å²) < 4.78 is 3.97. The van der Waals surface area contributed by atoms with Crippen LogP contribution in [0, 0.1) is 52.4 Å². The summed E-state index contributed by atoms with van der Waals surface area (Å²) in [4.78, 5) is 31.0. The molecule has 0 spiro atoms. The molecule has 8 heterocycles. The number of H-pyrrole nitrogens is 3. The molecule has 2 aliphatic heterocycles. The minimum atomic E-state index is 0.538. The summed E-state index contributed by atoms with van der Waals surface area (Å²) in [6.45, 7) is 16.4. The lowest BCUT2D eigenvalue weighted by molar-refractivity contribution is 0.557. The molecule has 0 saturated carbocycles. The Balaban J connectivity index is 0.000000122. The number of halogens is 2. The van der Waals surface area contributed by atoms with Crippen molar-refractivity contribution < 1.29 is 0 Å². The van der Waals surface area contributed by atoms with E-state index in [1.165, 1.54) is 83.7 Å². The van der Waals surface area contributed by atoms with E-state index >= 15 is 0 Å². The van der Waals surface area contributed by atoms with Gasteiger partial charge in [-0.2, -0.15) is 0 Å². The molecule has 84 heavy (non-hydrogen) atoms. The van der Waals surface area contributed by atoms with Gasteiger partial charge in [0, 0.05) is 166 Å². The van der Waals surface area contributed by atoms with Crippen LogP contribution in [-0.4, -0.2) is 126 Å². The minimum Gasteiger partial charge on any atom is -0.363 e. The molecule has 432 valence electrons. The highest BCUT2D eigenvalue weighted by Crippen LogP contribution is 2.30. The third-order valence-corrected chi connectivity index (χ3v) is 17.7. The second-order valence-corrected chi connectivity index (χ2v) is 26.4. The summed E-state index contributed by atoms with van der Waals surface area (Å²) in [5.41, 5.74) is 11.4. The topological polar surface area (TPSA) is 133 Å². The molecule has 11 nitrogen and oxygen atoms in total. The molecule has 0 atom stereocenters. The number of aromatic amines is 3. The lowest BCUT2D eigenvalue weighted by atomic mass is 10.1. The van der Waals surface area contributed by atoms with Crippen molar-refractivity contribution >= 4 is 144 Å².